The smallest absolute Gasteiger partial charge is 0.0254 e. The van der Waals surface area contributed by atoms with Crippen molar-refractivity contribution in [2.24, 2.45) is 29.4 Å². The maximum Gasteiger partial charge on any atom is 0.0254 e. The highest BCUT2D eigenvalue weighted by molar-refractivity contribution is 4.89. The Hall–Kier alpha value is -0.0800. The van der Waals surface area contributed by atoms with Gasteiger partial charge in [0.15, 0.2) is 0 Å². The Kier molecular flexibility index (Phi) is 6.13. The van der Waals surface area contributed by atoms with Crippen LogP contribution in [0.15, 0.2) is 0 Å². The second kappa shape index (κ2) is 6.91. The molecule has 2 heteroatoms. The van der Waals surface area contributed by atoms with E-state index in [9.17, 15) is 0 Å². The quantitative estimate of drug-likeness (QED) is 0.719. The fourth-order valence-electron chi connectivity index (χ4n) is 3.50. The molecule has 0 heterocycles. The molecule has 18 heavy (non-hydrogen) atoms. The van der Waals surface area contributed by atoms with Gasteiger partial charge >= 0.3 is 0 Å². The molecule has 0 aromatic heterocycles. The minimum atomic E-state index is 0.547. The number of nitrogens with two attached hydrogens (primary N) is 1. The van der Waals surface area contributed by atoms with Gasteiger partial charge in [0.2, 0.25) is 0 Å². The molecule has 1 atom stereocenters. The largest absolute Gasteiger partial charge is 0.329 e. The zero-order chi connectivity index (χ0) is 13.9. The van der Waals surface area contributed by atoms with E-state index < -0.39 is 0 Å². The lowest BCUT2D eigenvalue weighted by molar-refractivity contribution is 0.0625. The van der Waals surface area contributed by atoms with E-state index in [-0.39, 0.29) is 0 Å². The minimum Gasteiger partial charge on any atom is -0.329 e. The molecule has 2 N–H and O–H groups in total. The van der Waals surface area contributed by atoms with Gasteiger partial charge in [0.05, 0.1) is 0 Å². The Morgan fingerprint density at radius 1 is 1.00 bits per heavy atom. The Bertz CT molecular complexity index is 223. The number of rotatable bonds is 8. The average molecular weight is 254 g/mol. The molecule has 0 radical (unpaired) electrons. The van der Waals surface area contributed by atoms with E-state index in [1.807, 2.05) is 0 Å². The van der Waals surface area contributed by atoms with Gasteiger partial charge in [-0.15, -0.1) is 0 Å². The number of nitrogens with zero attached hydrogens (tertiary/aromatic N) is 1. The normalized spacial score (nSPS) is 18.7. The van der Waals surface area contributed by atoms with E-state index in [0.717, 1.165) is 12.5 Å². The van der Waals surface area contributed by atoms with Crippen molar-refractivity contribution in [3.05, 3.63) is 0 Å². The standard InChI is InChI=1S/C16H34N2/c1-11(2)16(12(3)4)15(9-17)18(13(5)6)10-14-7-8-14/h11-16H,7-10,17H2,1-6H3. The lowest BCUT2D eigenvalue weighted by atomic mass is 9.78. The van der Waals surface area contributed by atoms with Crippen molar-refractivity contribution >= 4 is 0 Å². The fraction of sp³-hybridized carbons (Fsp3) is 1.00. The third kappa shape index (κ3) is 4.24. The van der Waals surface area contributed by atoms with Gasteiger partial charge in [0.1, 0.15) is 0 Å². The van der Waals surface area contributed by atoms with Crippen LogP contribution in [0.25, 0.3) is 0 Å². The Labute approximate surface area is 114 Å². The topological polar surface area (TPSA) is 29.3 Å². The van der Waals surface area contributed by atoms with E-state index in [1.165, 1.54) is 19.4 Å². The molecule has 1 aliphatic carbocycles. The van der Waals surface area contributed by atoms with Crippen molar-refractivity contribution < 1.29 is 0 Å². The van der Waals surface area contributed by atoms with Gasteiger partial charge in [0, 0.05) is 25.2 Å². The van der Waals surface area contributed by atoms with E-state index >= 15 is 0 Å². The Morgan fingerprint density at radius 2 is 1.50 bits per heavy atom. The molecule has 1 aliphatic rings. The van der Waals surface area contributed by atoms with E-state index in [0.29, 0.717) is 29.8 Å². The zero-order valence-electron chi connectivity index (χ0n) is 13.3. The van der Waals surface area contributed by atoms with Crippen LogP contribution in [0.2, 0.25) is 0 Å². The van der Waals surface area contributed by atoms with Gasteiger partial charge in [0.25, 0.3) is 0 Å². The predicted octanol–water partition coefficient (Wildman–Crippen LogP) is 3.36. The van der Waals surface area contributed by atoms with Gasteiger partial charge < -0.3 is 5.73 Å². The summed E-state index contributed by atoms with van der Waals surface area (Å²) in [6, 6.07) is 1.16. The van der Waals surface area contributed by atoms with Crippen LogP contribution < -0.4 is 5.73 Å². The summed E-state index contributed by atoms with van der Waals surface area (Å²) in [6.45, 7) is 16.1. The molecule has 0 bridgehead atoms. The van der Waals surface area contributed by atoms with Gasteiger partial charge in [-0.2, -0.15) is 0 Å². The summed E-state index contributed by atoms with van der Waals surface area (Å²) >= 11 is 0. The second-order valence-corrected chi connectivity index (χ2v) is 7.10. The van der Waals surface area contributed by atoms with Gasteiger partial charge in [-0.25, -0.2) is 0 Å². The lowest BCUT2D eigenvalue weighted by Gasteiger charge is -2.42. The van der Waals surface area contributed by atoms with E-state index in [4.69, 9.17) is 5.73 Å². The number of hydrogen-bond acceptors (Lipinski definition) is 2. The first-order valence-electron chi connectivity index (χ1n) is 7.84. The summed E-state index contributed by atoms with van der Waals surface area (Å²) in [7, 11) is 0. The molecule has 0 aromatic rings. The third-order valence-corrected chi connectivity index (χ3v) is 4.48. The van der Waals surface area contributed by atoms with Crippen molar-refractivity contribution in [1.82, 2.24) is 4.90 Å². The summed E-state index contributed by atoms with van der Waals surface area (Å²) < 4.78 is 0. The highest BCUT2D eigenvalue weighted by Crippen LogP contribution is 2.34. The monoisotopic (exact) mass is 254 g/mol. The molecule has 0 amide bonds. The van der Waals surface area contributed by atoms with Crippen LogP contribution in [0.4, 0.5) is 0 Å². The highest BCUT2D eigenvalue weighted by Gasteiger charge is 2.35. The van der Waals surface area contributed by atoms with Gasteiger partial charge in [-0.3, -0.25) is 4.90 Å². The summed E-state index contributed by atoms with van der Waals surface area (Å²) in [5.41, 5.74) is 6.14. The predicted molar refractivity (Wildman–Crippen MR) is 80.6 cm³/mol. The minimum absolute atomic E-state index is 0.547. The van der Waals surface area contributed by atoms with Crippen molar-refractivity contribution in [3.8, 4) is 0 Å². The van der Waals surface area contributed by atoms with E-state index in [2.05, 4.69) is 46.4 Å². The molecular formula is C16H34N2. The first-order chi connectivity index (χ1) is 8.38. The fourth-order valence-corrected chi connectivity index (χ4v) is 3.50. The van der Waals surface area contributed by atoms with Crippen LogP contribution in [0.3, 0.4) is 0 Å². The molecule has 2 nitrogen and oxygen atoms in total. The van der Waals surface area contributed by atoms with Crippen molar-refractivity contribution in [2.45, 2.75) is 66.5 Å². The molecule has 1 rings (SSSR count). The van der Waals surface area contributed by atoms with Crippen LogP contribution in [-0.2, 0) is 0 Å². The van der Waals surface area contributed by atoms with Crippen LogP contribution in [0.5, 0.6) is 0 Å². The molecule has 0 aromatic carbocycles. The maximum absolute atomic E-state index is 6.14. The first-order valence-corrected chi connectivity index (χ1v) is 7.84. The third-order valence-electron chi connectivity index (χ3n) is 4.48. The van der Waals surface area contributed by atoms with Crippen LogP contribution >= 0.6 is 0 Å². The van der Waals surface area contributed by atoms with Gasteiger partial charge in [-0.1, -0.05) is 27.7 Å². The summed E-state index contributed by atoms with van der Waals surface area (Å²) in [5.74, 6) is 3.07. The Morgan fingerprint density at radius 3 is 1.78 bits per heavy atom. The SMILES string of the molecule is CC(C)C(C(C)C)C(CN)N(CC1CC1)C(C)C. The summed E-state index contributed by atoms with van der Waals surface area (Å²) in [6.07, 6.45) is 2.85. The zero-order valence-corrected chi connectivity index (χ0v) is 13.3. The lowest BCUT2D eigenvalue weighted by Crippen LogP contribution is -2.52. The van der Waals surface area contributed by atoms with Gasteiger partial charge in [-0.05, 0) is 50.4 Å². The molecule has 0 aliphatic heterocycles. The molecular weight excluding hydrogens is 220 g/mol. The van der Waals surface area contributed by atoms with Crippen molar-refractivity contribution in [1.29, 1.82) is 0 Å². The van der Waals surface area contributed by atoms with Crippen LogP contribution in [0.1, 0.15) is 54.4 Å². The van der Waals surface area contributed by atoms with E-state index in [1.54, 1.807) is 0 Å². The van der Waals surface area contributed by atoms with Crippen LogP contribution in [0, 0.1) is 23.7 Å². The van der Waals surface area contributed by atoms with Crippen LogP contribution in [-0.4, -0.2) is 30.1 Å². The summed E-state index contributed by atoms with van der Waals surface area (Å²) in [4.78, 5) is 2.68. The molecule has 1 fully saturated rings. The number of hydrogen-bond donors (Lipinski definition) is 1. The molecule has 108 valence electrons. The molecule has 1 unspecified atom stereocenters. The Balaban J connectivity index is 2.80. The molecule has 1 saturated carbocycles. The van der Waals surface area contributed by atoms with Crippen molar-refractivity contribution in [2.75, 3.05) is 13.1 Å². The first kappa shape index (κ1) is 16.0. The highest BCUT2D eigenvalue weighted by atomic mass is 15.2. The average Bonchev–Trinajstić information content (AvgIpc) is 3.04. The molecule has 0 saturated heterocycles. The second-order valence-electron chi connectivity index (χ2n) is 7.10. The molecule has 0 spiro atoms. The summed E-state index contributed by atoms with van der Waals surface area (Å²) in [5, 5.41) is 0. The van der Waals surface area contributed by atoms with Crippen molar-refractivity contribution in [3.63, 3.8) is 0 Å². The maximum atomic E-state index is 6.14.